The van der Waals surface area contributed by atoms with Crippen LogP contribution in [-0.2, 0) is 6.54 Å². The summed E-state index contributed by atoms with van der Waals surface area (Å²) in [4.78, 5) is 0. The molecule has 21 heavy (non-hydrogen) atoms. The molecule has 0 saturated carbocycles. The largest absolute Gasteiger partial charge is 0.457 e. The van der Waals surface area contributed by atoms with E-state index in [1.54, 1.807) is 0 Å². The summed E-state index contributed by atoms with van der Waals surface area (Å²) in [6.07, 6.45) is 0. The Kier molecular flexibility index (Phi) is 4.92. The lowest BCUT2D eigenvalue weighted by Crippen LogP contribution is -2.35. The molecule has 0 saturated heterocycles. The van der Waals surface area contributed by atoms with Crippen molar-refractivity contribution in [2.45, 2.75) is 39.8 Å². The van der Waals surface area contributed by atoms with Crippen LogP contribution in [0.2, 0.25) is 5.02 Å². The topological polar surface area (TPSA) is 21.3 Å². The van der Waals surface area contributed by atoms with Crippen molar-refractivity contribution in [2.24, 2.45) is 0 Å². The zero-order chi connectivity index (χ0) is 15.5. The smallest absolute Gasteiger partial charge is 0.132 e. The number of hydrogen-bond donors (Lipinski definition) is 1. The summed E-state index contributed by atoms with van der Waals surface area (Å²) in [6.45, 7) is 9.17. The van der Waals surface area contributed by atoms with E-state index in [4.69, 9.17) is 16.3 Å². The van der Waals surface area contributed by atoms with E-state index < -0.39 is 0 Å². The first kappa shape index (κ1) is 15.9. The van der Waals surface area contributed by atoms with E-state index in [1.807, 2.05) is 49.4 Å². The van der Waals surface area contributed by atoms with Crippen molar-refractivity contribution in [3.63, 3.8) is 0 Å². The molecule has 0 heterocycles. The molecule has 0 atom stereocenters. The predicted molar refractivity (Wildman–Crippen MR) is 89.3 cm³/mol. The summed E-state index contributed by atoms with van der Waals surface area (Å²) in [7, 11) is 0. The Morgan fingerprint density at radius 3 is 2.43 bits per heavy atom. The van der Waals surface area contributed by atoms with Crippen molar-refractivity contribution >= 4 is 11.6 Å². The van der Waals surface area contributed by atoms with Gasteiger partial charge in [-0.3, -0.25) is 0 Å². The van der Waals surface area contributed by atoms with Crippen LogP contribution in [0.25, 0.3) is 0 Å². The van der Waals surface area contributed by atoms with Crippen molar-refractivity contribution < 1.29 is 4.74 Å². The van der Waals surface area contributed by atoms with Crippen molar-refractivity contribution in [2.75, 3.05) is 0 Å². The molecule has 0 aliphatic rings. The number of ether oxygens (including phenoxy) is 1. The lowest BCUT2D eigenvalue weighted by molar-refractivity contribution is 0.414. The summed E-state index contributed by atoms with van der Waals surface area (Å²) < 4.78 is 6.06. The molecule has 2 rings (SSSR count). The Morgan fingerprint density at radius 1 is 1.05 bits per heavy atom. The molecule has 112 valence electrons. The highest BCUT2D eigenvalue weighted by molar-refractivity contribution is 6.30. The molecule has 0 fully saturated rings. The third kappa shape index (κ3) is 4.76. The van der Waals surface area contributed by atoms with Crippen molar-refractivity contribution in [3.05, 3.63) is 58.6 Å². The first-order chi connectivity index (χ1) is 9.85. The third-order valence-electron chi connectivity index (χ3n) is 3.15. The molecule has 3 heteroatoms. The summed E-state index contributed by atoms with van der Waals surface area (Å²) in [6, 6.07) is 13.7. The fourth-order valence-corrected chi connectivity index (χ4v) is 2.13. The fraction of sp³-hybridized carbons (Fsp3) is 0.333. The van der Waals surface area contributed by atoms with E-state index in [1.165, 1.54) is 0 Å². The van der Waals surface area contributed by atoms with Crippen molar-refractivity contribution in [1.82, 2.24) is 5.32 Å². The minimum Gasteiger partial charge on any atom is -0.457 e. The van der Waals surface area contributed by atoms with Crippen LogP contribution in [0, 0.1) is 6.92 Å². The lowest BCUT2D eigenvalue weighted by Gasteiger charge is -2.22. The van der Waals surface area contributed by atoms with Crippen LogP contribution in [-0.4, -0.2) is 5.54 Å². The SMILES string of the molecule is Cc1ccccc1Oc1ccc(Cl)cc1CNC(C)(C)C. The number of hydrogen-bond acceptors (Lipinski definition) is 2. The van der Waals surface area contributed by atoms with Crippen LogP contribution in [0.1, 0.15) is 31.9 Å². The van der Waals surface area contributed by atoms with Crippen LogP contribution >= 0.6 is 11.6 Å². The first-order valence-corrected chi connectivity index (χ1v) is 7.50. The van der Waals surface area contributed by atoms with Gasteiger partial charge >= 0.3 is 0 Å². The normalized spacial score (nSPS) is 11.5. The standard InChI is InChI=1S/C18H22ClNO/c1-13-7-5-6-8-16(13)21-17-10-9-15(19)11-14(17)12-20-18(2,3)4/h5-11,20H,12H2,1-4H3. The van der Waals surface area contributed by atoms with E-state index in [2.05, 4.69) is 26.1 Å². The number of rotatable bonds is 4. The quantitative estimate of drug-likeness (QED) is 0.824. The number of halogens is 1. The molecule has 0 aromatic heterocycles. The van der Waals surface area contributed by atoms with E-state index in [0.717, 1.165) is 27.6 Å². The molecule has 0 radical (unpaired) electrons. The highest BCUT2D eigenvalue weighted by Crippen LogP contribution is 2.30. The highest BCUT2D eigenvalue weighted by Gasteiger charge is 2.12. The Bertz CT molecular complexity index is 617. The van der Waals surface area contributed by atoms with Gasteiger partial charge in [0.1, 0.15) is 11.5 Å². The Hall–Kier alpha value is -1.51. The second-order valence-electron chi connectivity index (χ2n) is 6.22. The average molecular weight is 304 g/mol. The van der Waals surface area contributed by atoms with Gasteiger partial charge in [-0.25, -0.2) is 0 Å². The van der Waals surface area contributed by atoms with Gasteiger partial charge in [-0.1, -0.05) is 29.8 Å². The van der Waals surface area contributed by atoms with Gasteiger partial charge in [-0.05, 0) is 57.5 Å². The third-order valence-corrected chi connectivity index (χ3v) is 3.38. The van der Waals surface area contributed by atoms with Gasteiger partial charge in [-0.2, -0.15) is 0 Å². The molecule has 0 aliphatic carbocycles. The first-order valence-electron chi connectivity index (χ1n) is 7.12. The number of aryl methyl sites for hydroxylation is 1. The van der Waals surface area contributed by atoms with Gasteiger partial charge < -0.3 is 10.1 Å². The van der Waals surface area contributed by atoms with E-state index in [0.29, 0.717) is 6.54 Å². The summed E-state index contributed by atoms with van der Waals surface area (Å²) in [5, 5.41) is 4.19. The van der Waals surface area contributed by atoms with Crippen molar-refractivity contribution in [1.29, 1.82) is 0 Å². The Balaban J connectivity index is 2.25. The molecule has 1 N–H and O–H groups in total. The molecular weight excluding hydrogens is 282 g/mol. The van der Waals surface area contributed by atoms with Gasteiger partial charge in [0.25, 0.3) is 0 Å². The molecule has 0 bridgehead atoms. The minimum absolute atomic E-state index is 0.0439. The van der Waals surface area contributed by atoms with Gasteiger partial charge in [0.15, 0.2) is 0 Å². The van der Waals surface area contributed by atoms with Crippen LogP contribution in [0.5, 0.6) is 11.5 Å². The van der Waals surface area contributed by atoms with Gasteiger partial charge in [0.05, 0.1) is 0 Å². The maximum Gasteiger partial charge on any atom is 0.132 e. The van der Waals surface area contributed by atoms with Gasteiger partial charge in [0, 0.05) is 22.7 Å². The van der Waals surface area contributed by atoms with Crippen LogP contribution < -0.4 is 10.1 Å². The van der Waals surface area contributed by atoms with E-state index >= 15 is 0 Å². The molecule has 0 spiro atoms. The molecule has 0 aliphatic heterocycles. The van der Waals surface area contributed by atoms with Gasteiger partial charge in [0.2, 0.25) is 0 Å². The average Bonchev–Trinajstić information content (AvgIpc) is 2.40. The maximum atomic E-state index is 6.12. The lowest BCUT2D eigenvalue weighted by atomic mass is 10.1. The number of benzene rings is 2. The van der Waals surface area contributed by atoms with E-state index in [9.17, 15) is 0 Å². The summed E-state index contributed by atoms with van der Waals surface area (Å²) >= 11 is 6.12. The predicted octanol–water partition coefficient (Wildman–Crippen LogP) is 5.33. The molecule has 0 amide bonds. The molecular formula is C18H22ClNO. The van der Waals surface area contributed by atoms with Crippen LogP contribution in [0.4, 0.5) is 0 Å². The minimum atomic E-state index is 0.0439. The molecule has 2 aromatic rings. The van der Waals surface area contributed by atoms with Crippen LogP contribution in [0.15, 0.2) is 42.5 Å². The Morgan fingerprint density at radius 2 is 1.76 bits per heavy atom. The molecule has 0 unspecified atom stereocenters. The molecule has 2 aromatic carbocycles. The monoisotopic (exact) mass is 303 g/mol. The Labute approximate surface area is 132 Å². The number of para-hydroxylation sites is 1. The van der Waals surface area contributed by atoms with Crippen LogP contribution in [0.3, 0.4) is 0 Å². The fourth-order valence-electron chi connectivity index (χ4n) is 1.94. The van der Waals surface area contributed by atoms with E-state index in [-0.39, 0.29) is 5.54 Å². The highest BCUT2D eigenvalue weighted by atomic mass is 35.5. The zero-order valence-corrected chi connectivity index (χ0v) is 13.8. The second kappa shape index (κ2) is 6.50. The zero-order valence-electron chi connectivity index (χ0n) is 13.0. The van der Waals surface area contributed by atoms with Gasteiger partial charge in [-0.15, -0.1) is 0 Å². The number of nitrogens with one attached hydrogen (secondary N) is 1. The maximum absolute atomic E-state index is 6.12. The second-order valence-corrected chi connectivity index (χ2v) is 6.66. The van der Waals surface area contributed by atoms with Crippen molar-refractivity contribution in [3.8, 4) is 11.5 Å². The summed E-state index contributed by atoms with van der Waals surface area (Å²) in [5.41, 5.74) is 2.21. The summed E-state index contributed by atoms with van der Waals surface area (Å²) in [5.74, 6) is 1.71. The molecule has 2 nitrogen and oxygen atoms in total.